The summed E-state index contributed by atoms with van der Waals surface area (Å²) in [5.74, 6) is 1.90. The maximum atomic E-state index is 6.02. The molecule has 0 radical (unpaired) electrons. The summed E-state index contributed by atoms with van der Waals surface area (Å²) < 4.78 is 5.54. The van der Waals surface area contributed by atoms with Crippen molar-refractivity contribution in [1.29, 1.82) is 0 Å². The quantitative estimate of drug-likeness (QED) is 0.768. The van der Waals surface area contributed by atoms with Gasteiger partial charge in [-0.25, -0.2) is 0 Å². The molecule has 1 aromatic rings. The Morgan fingerprint density at radius 1 is 1.37 bits per heavy atom. The summed E-state index contributed by atoms with van der Waals surface area (Å²) in [5.41, 5.74) is 2.81. The number of alkyl halides is 1. The normalized spacial score (nSPS) is 25.0. The summed E-state index contributed by atoms with van der Waals surface area (Å²) in [6, 6.07) is 6.64. The second kappa shape index (κ2) is 5.72. The van der Waals surface area contributed by atoms with Gasteiger partial charge in [-0.05, 0) is 49.4 Å². The topological polar surface area (TPSA) is 12.5 Å². The van der Waals surface area contributed by atoms with Gasteiger partial charge in [-0.15, -0.1) is 11.6 Å². The average Bonchev–Trinajstić information content (AvgIpc) is 2.81. The van der Waals surface area contributed by atoms with Gasteiger partial charge in [0, 0.05) is 24.9 Å². The third-order valence-electron chi connectivity index (χ3n) is 4.28. The molecule has 0 N–H and O–H groups in total. The minimum absolute atomic E-state index is 0.440. The molecule has 0 amide bonds. The number of rotatable bonds is 5. The standard InChI is InChI=1S/C16H22ClNO/c1-18(11-13-9-15(17)10-13)6-4-12-2-3-16-14(8-12)5-7-19-16/h2-3,8,13,15H,4-7,9-11H2,1H3. The van der Waals surface area contributed by atoms with Gasteiger partial charge < -0.3 is 9.64 Å². The van der Waals surface area contributed by atoms with Gasteiger partial charge in [-0.3, -0.25) is 0 Å². The summed E-state index contributed by atoms with van der Waals surface area (Å²) in [4.78, 5) is 2.44. The molecule has 3 rings (SSSR count). The number of halogens is 1. The molecule has 1 saturated carbocycles. The highest BCUT2D eigenvalue weighted by atomic mass is 35.5. The fraction of sp³-hybridized carbons (Fsp3) is 0.625. The van der Waals surface area contributed by atoms with Crippen LogP contribution in [0.1, 0.15) is 24.0 Å². The van der Waals surface area contributed by atoms with Gasteiger partial charge in [0.25, 0.3) is 0 Å². The first-order chi connectivity index (χ1) is 9.20. The SMILES string of the molecule is CN(CCc1ccc2c(c1)CCO2)CC1CC(Cl)C1. The van der Waals surface area contributed by atoms with Gasteiger partial charge in [-0.1, -0.05) is 12.1 Å². The smallest absolute Gasteiger partial charge is 0.122 e. The number of hydrogen-bond donors (Lipinski definition) is 0. The van der Waals surface area contributed by atoms with E-state index in [4.69, 9.17) is 16.3 Å². The predicted molar refractivity (Wildman–Crippen MR) is 79.2 cm³/mol. The molecule has 0 bridgehead atoms. The molecule has 104 valence electrons. The summed E-state index contributed by atoms with van der Waals surface area (Å²) >= 11 is 6.02. The van der Waals surface area contributed by atoms with Gasteiger partial charge >= 0.3 is 0 Å². The number of nitrogens with zero attached hydrogens (tertiary/aromatic N) is 1. The summed E-state index contributed by atoms with van der Waals surface area (Å²) in [5, 5.41) is 0.440. The molecular weight excluding hydrogens is 258 g/mol. The van der Waals surface area contributed by atoms with Crippen LogP contribution in [0.25, 0.3) is 0 Å². The minimum Gasteiger partial charge on any atom is -0.493 e. The fourth-order valence-electron chi connectivity index (χ4n) is 3.05. The highest BCUT2D eigenvalue weighted by molar-refractivity contribution is 6.21. The van der Waals surface area contributed by atoms with Crippen molar-refractivity contribution in [3.8, 4) is 5.75 Å². The van der Waals surface area contributed by atoms with Gasteiger partial charge in [0.1, 0.15) is 5.75 Å². The lowest BCUT2D eigenvalue weighted by molar-refractivity contribution is 0.211. The van der Waals surface area contributed by atoms with E-state index in [1.807, 2.05) is 0 Å². The molecule has 1 heterocycles. The maximum Gasteiger partial charge on any atom is 0.122 e. The molecule has 1 aliphatic carbocycles. The van der Waals surface area contributed by atoms with Crippen molar-refractivity contribution in [2.75, 3.05) is 26.7 Å². The number of benzene rings is 1. The van der Waals surface area contributed by atoms with Crippen molar-refractivity contribution in [2.24, 2.45) is 5.92 Å². The van der Waals surface area contributed by atoms with Gasteiger partial charge in [0.15, 0.2) is 0 Å². The van der Waals surface area contributed by atoms with E-state index in [0.29, 0.717) is 5.38 Å². The van der Waals surface area contributed by atoms with Crippen LogP contribution in [-0.4, -0.2) is 37.0 Å². The van der Waals surface area contributed by atoms with Crippen LogP contribution in [0.5, 0.6) is 5.75 Å². The van der Waals surface area contributed by atoms with E-state index < -0.39 is 0 Å². The lowest BCUT2D eigenvalue weighted by Gasteiger charge is -2.34. The average molecular weight is 280 g/mol. The molecule has 3 heteroatoms. The third kappa shape index (κ3) is 3.24. The van der Waals surface area contributed by atoms with E-state index in [0.717, 1.165) is 37.7 Å². The van der Waals surface area contributed by atoms with E-state index in [2.05, 4.69) is 30.1 Å². The van der Waals surface area contributed by atoms with Crippen molar-refractivity contribution in [2.45, 2.75) is 31.1 Å². The van der Waals surface area contributed by atoms with Gasteiger partial charge in [0.2, 0.25) is 0 Å². The Hall–Kier alpha value is -0.730. The molecule has 0 atom stereocenters. The first-order valence-electron chi connectivity index (χ1n) is 7.28. The Kier molecular flexibility index (Phi) is 3.99. The highest BCUT2D eigenvalue weighted by Crippen LogP contribution is 2.32. The van der Waals surface area contributed by atoms with Crippen LogP contribution < -0.4 is 4.74 Å². The highest BCUT2D eigenvalue weighted by Gasteiger charge is 2.27. The molecule has 2 aliphatic rings. The largest absolute Gasteiger partial charge is 0.493 e. The van der Waals surface area contributed by atoms with E-state index in [1.54, 1.807) is 0 Å². The van der Waals surface area contributed by atoms with Crippen LogP contribution in [-0.2, 0) is 12.8 Å². The Labute approximate surface area is 120 Å². The number of ether oxygens (including phenoxy) is 1. The van der Waals surface area contributed by atoms with Crippen LogP contribution in [0.3, 0.4) is 0 Å². The molecular formula is C16H22ClNO. The minimum atomic E-state index is 0.440. The third-order valence-corrected chi connectivity index (χ3v) is 4.64. The molecule has 0 aromatic heterocycles. The Balaban J connectivity index is 1.46. The van der Waals surface area contributed by atoms with Crippen molar-refractivity contribution >= 4 is 11.6 Å². The van der Waals surface area contributed by atoms with Crippen molar-refractivity contribution in [3.63, 3.8) is 0 Å². The van der Waals surface area contributed by atoms with Crippen LogP contribution in [0.2, 0.25) is 0 Å². The number of fused-ring (bicyclic) bond motifs is 1. The van der Waals surface area contributed by atoms with E-state index >= 15 is 0 Å². The zero-order valence-electron chi connectivity index (χ0n) is 11.6. The Morgan fingerprint density at radius 2 is 2.21 bits per heavy atom. The molecule has 0 saturated heterocycles. The maximum absolute atomic E-state index is 6.02. The van der Waals surface area contributed by atoms with E-state index in [-0.39, 0.29) is 0 Å². The van der Waals surface area contributed by atoms with Crippen molar-refractivity contribution in [3.05, 3.63) is 29.3 Å². The molecule has 1 aliphatic heterocycles. The lowest BCUT2D eigenvalue weighted by atomic mass is 9.84. The van der Waals surface area contributed by atoms with E-state index in [9.17, 15) is 0 Å². The molecule has 19 heavy (non-hydrogen) atoms. The van der Waals surface area contributed by atoms with Gasteiger partial charge in [-0.2, -0.15) is 0 Å². The summed E-state index contributed by atoms with van der Waals surface area (Å²) in [6.45, 7) is 3.17. The Bertz CT molecular complexity index is 442. The van der Waals surface area contributed by atoms with Crippen LogP contribution in [0.4, 0.5) is 0 Å². The number of hydrogen-bond acceptors (Lipinski definition) is 2. The summed E-state index contributed by atoms with van der Waals surface area (Å²) in [7, 11) is 2.22. The zero-order valence-corrected chi connectivity index (χ0v) is 12.3. The molecule has 0 spiro atoms. The van der Waals surface area contributed by atoms with E-state index in [1.165, 1.54) is 30.5 Å². The zero-order chi connectivity index (χ0) is 13.2. The first-order valence-corrected chi connectivity index (χ1v) is 7.71. The molecule has 0 unspecified atom stereocenters. The first kappa shape index (κ1) is 13.3. The predicted octanol–water partition coefficient (Wildman–Crippen LogP) is 3.11. The van der Waals surface area contributed by atoms with Crippen molar-refractivity contribution < 1.29 is 4.74 Å². The molecule has 1 aromatic carbocycles. The monoisotopic (exact) mass is 279 g/mol. The molecule has 1 fully saturated rings. The molecule has 2 nitrogen and oxygen atoms in total. The second-order valence-electron chi connectivity index (χ2n) is 5.99. The van der Waals surface area contributed by atoms with Crippen LogP contribution >= 0.6 is 11.6 Å². The fourth-order valence-corrected chi connectivity index (χ4v) is 3.55. The Morgan fingerprint density at radius 3 is 3.00 bits per heavy atom. The number of likely N-dealkylation sites (N-methyl/N-ethyl adjacent to an activating group) is 1. The van der Waals surface area contributed by atoms with Crippen molar-refractivity contribution in [1.82, 2.24) is 4.90 Å². The lowest BCUT2D eigenvalue weighted by Crippen LogP contribution is -2.35. The summed E-state index contributed by atoms with van der Waals surface area (Å²) in [6.07, 6.45) is 4.59. The van der Waals surface area contributed by atoms with Crippen LogP contribution in [0.15, 0.2) is 18.2 Å². The van der Waals surface area contributed by atoms with Gasteiger partial charge in [0.05, 0.1) is 6.61 Å². The van der Waals surface area contributed by atoms with Crippen LogP contribution in [0, 0.1) is 5.92 Å². The second-order valence-corrected chi connectivity index (χ2v) is 6.60.